The van der Waals surface area contributed by atoms with Gasteiger partial charge >= 0.3 is 0 Å². The molecule has 0 N–H and O–H groups in total. The molecule has 0 aromatic rings. The van der Waals surface area contributed by atoms with E-state index in [0.717, 1.165) is 32.6 Å². The average Bonchev–Trinajstić information content (AvgIpc) is 2.78. The summed E-state index contributed by atoms with van der Waals surface area (Å²) in [6.07, 6.45) is 3.48. The SMILES string of the molecule is CC(C)N1CCN(C2CCCC2N=[N+]=[N-])CC1. The number of nitrogens with zero attached hydrogens (tertiary/aromatic N) is 5. The Morgan fingerprint density at radius 3 is 2.47 bits per heavy atom. The van der Waals surface area contributed by atoms with Crippen molar-refractivity contribution in [1.29, 1.82) is 0 Å². The van der Waals surface area contributed by atoms with Gasteiger partial charge in [-0.05, 0) is 32.2 Å². The van der Waals surface area contributed by atoms with E-state index >= 15 is 0 Å². The molecule has 2 atom stereocenters. The summed E-state index contributed by atoms with van der Waals surface area (Å²) in [6, 6.07) is 1.36. The second-order valence-corrected chi connectivity index (χ2v) is 5.44. The number of piperazine rings is 1. The molecule has 0 bridgehead atoms. The van der Waals surface area contributed by atoms with Crippen molar-refractivity contribution in [2.45, 2.75) is 51.2 Å². The van der Waals surface area contributed by atoms with Gasteiger partial charge in [-0.25, -0.2) is 0 Å². The first-order valence-electron chi connectivity index (χ1n) is 6.74. The van der Waals surface area contributed by atoms with Gasteiger partial charge in [0.05, 0.1) is 6.04 Å². The van der Waals surface area contributed by atoms with Crippen LogP contribution in [0.1, 0.15) is 33.1 Å². The molecule has 1 saturated carbocycles. The van der Waals surface area contributed by atoms with Crippen LogP contribution in [0.15, 0.2) is 5.11 Å². The molecule has 1 aliphatic carbocycles. The second kappa shape index (κ2) is 5.71. The highest BCUT2D eigenvalue weighted by molar-refractivity contribution is 4.92. The Hall–Kier alpha value is -0.770. The van der Waals surface area contributed by atoms with Crippen LogP contribution in [0.5, 0.6) is 0 Å². The van der Waals surface area contributed by atoms with E-state index in [1.54, 1.807) is 0 Å². The lowest BCUT2D eigenvalue weighted by molar-refractivity contribution is 0.0751. The van der Waals surface area contributed by atoms with Crippen LogP contribution < -0.4 is 0 Å². The molecule has 5 nitrogen and oxygen atoms in total. The molecule has 0 aromatic heterocycles. The highest BCUT2D eigenvalue weighted by Crippen LogP contribution is 2.27. The number of azide groups is 1. The Morgan fingerprint density at radius 2 is 1.88 bits per heavy atom. The van der Waals surface area contributed by atoms with Crippen LogP contribution in [0.3, 0.4) is 0 Å². The van der Waals surface area contributed by atoms with Gasteiger partial charge < -0.3 is 0 Å². The summed E-state index contributed by atoms with van der Waals surface area (Å²) >= 11 is 0. The number of hydrogen-bond acceptors (Lipinski definition) is 3. The van der Waals surface area contributed by atoms with Crippen LogP contribution >= 0.6 is 0 Å². The van der Waals surface area contributed by atoms with Gasteiger partial charge in [-0.3, -0.25) is 9.80 Å². The lowest BCUT2D eigenvalue weighted by atomic mass is 10.1. The molecule has 2 rings (SSSR count). The Balaban J connectivity index is 1.89. The van der Waals surface area contributed by atoms with E-state index in [4.69, 9.17) is 5.53 Å². The lowest BCUT2D eigenvalue weighted by Crippen LogP contribution is -2.53. The zero-order valence-electron chi connectivity index (χ0n) is 10.9. The van der Waals surface area contributed by atoms with Gasteiger partial charge in [0.2, 0.25) is 0 Å². The third-order valence-corrected chi connectivity index (χ3v) is 4.19. The fourth-order valence-electron chi connectivity index (χ4n) is 3.13. The van der Waals surface area contributed by atoms with E-state index in [-0.39, 0.29) is 6.04 Å². The summed E-state index contributed by atoms with van der Waals surface area (Å²) in [5, 5.41) is 3.96. The van der Waals surface area contributed by atoms with Gasteiger partial charge in [-0.2, -0.15) is 0 Å². The molecule has 2 fully saturated rings. The van der Waals surface area contributed by atoms with Crippen molar-refractivity contribution in [2.75, 3.05) is 26.2 Å². The summed E-state index contributed by atoms with van der Waals surface area (Å²) in [4.78, 5) is 8.05. The molecule has 1 aliphatic heterocycles. The highest BCUT2D eigenvalue weighted by Gasteiger charge is 2.33. The molecule has 96 valence electrons. The van der Waals surface area contributed by atoms with Gasteiger partial charge in [0.15, 0.2) is 0 Å². The lowest BCUT2D eigenvalue weighted by Gasteiger charge is -2.40. The fourth-order valence-corrected chi connectivity index (χ4v) is 3.13. The maximum atomic E-state index is 8.59. The van der Waals surface area contributed by atoms with Gasteiger partial charge in [0.25, 0.3) is 0 Å². The van der Waals surface area contributed by atoms with Crippen LogP contribution in [-0.4, -0.2) is 54.1 Å². The molecular weight excluding hydrogens is 214 g/mol. The molecule has 0 spiro atoms. The Bertz CT molecular complexity index is 289. The van der Waals surface area contributed by atoms with Gasteiger partial charge in [-0.1, -0.05) is 11.5 Å². The monoisotopic (exact) mass is 237 g/mol. The van der Waals surface area contributed by atoms with E-state index in [1.807, 2.05) is 0 Å². The predicted octanol–water partition coefficient (Wildman–Crippen LogP) is 2.24. The van der Waals surface area contributed by atoms with Gasteiger partial charge in [0, 0.05) is 43.2 Å². The maximum Gasteiger partial charge on any atom is 0.0529 e. The van der Waals surface area contributed by atoms with E-state index in [9.17, 15) is 0 Å². The van der Waals surface area contributed by atoms with E-state index < -0.39 is 0 Å². The van der Waals surface area contributed by atoms with Crippen molar-refractivity contribution < 1.29 is 0 Å². The van der Waals surface area contributed by atoms with Crippen molar-refractivity contribution >= 4 is 0 Å². The summed E-state index contributed by atoms with van der Waals surface area (Å²) in [5.41, 5.74) is 8.59. The first-order valence-corrected chi connectivity index (χ1v) is 6.74. The molecule has 2 aliphatic rings. The van der Waals surface area contributed by atoms with Crippen LogP contribution in [0.25, 0.3) is 10.4 Å². The van der Waals surface area contributed by atoms with Crippen LogP contribution in [-0.2, 0) is 0 Å². The first-order chi connectivity index (χ1) is 8.22. The quantitative estimate of drug-likeness (QED) is 0.429. The summed E-state index contributed by atoms with van der Waals surface area (Å²) in [5.74, 6) is 0. The number of rotatable bonds is 3. The second-order valence-electron chi connectivity index (χ2n) is 5.44. The predicted molar refractivity (Wildman–Crippen MR) is 68.9 cm³/mol. The zero-order chi connectivity index (χ0) is 12.3. The smallest absolute Gasteiger partial charge is 0.0529 e. The number of hydrogen-bond donors (Lipinski definition) is 0. The summed E-state index contributed by atoms with van der Waals surface area (Å²) < 4.78 is 0. The largest absolute Gasteiger partial charge is 0.298 e. The van der Waals surface area contributed by atoms with E-state index in [1.165, 1.54) is 12.8 Å². The molecule has 0 radical (unpaired) electrons. The van der Waals surface area contributed by atoms with Crippen molar-refractivity contribution in [3.05, 3.63) is 10.4 Å². The third kappa shape index (κ3) is 2.92. The molecular formula is C12H23N5. The molecule has 0 aromatic carbocycles. The summed E-state index contributed by atoms with van der Waals surface area (Å²) in [6.45, 7) is 9.07. The fraction of sp³-hybridized carbons (Fsp3) is 1.00. The molecule has 1 saturated heterocycles. The molecule has 1 heterocycles. The molecule has 5 heteroatoms. The standard InChI is InChI=1S/C12H23N5/c1-10(2)16-6-8-17(9-7-16)12-5-3-4-11(12)14-15-13/h10-12H,3-9H2,1-2H3. The molecule has 2 unspecified atom stereocenters. The Kier molecular flexibility index (Phi) is 4.26. The zero-order valence-corrected chi connectivity index (χ0v) is 10.9. The van der Waals surface area contributed by atoms with Crippen molar-refractivity contribution in [3.63, 3.8) is 0 Å². The summed E-state index contributed by atoms with van der Waals surface area (Å²) in [7, 11) is 0. The first kappa shape index (κ1) is 12.7. The average molecular weight is 237 g/mol. The third-order valence-electron chi connectivity index (χ3n) is 4.19. The maximum absolute atomic E-state index is 8.59. The van der Waals surface area contributed by atoms with E-state index in [2.05, 4.69) is 33.7 Å². The van der Waals surface area contributed by atoms with Gasteiger partial charge in [-0.15, -0.1) is 0 Å². The van der Waals surface area contributed by atoms with Crippen LogP contribution in [0.4, 0.5) is 0 Å². The van der Waals surface area contributed by atoms with Crippen molar-refractivity contribution in [1.82, 2.24) is 9.80 Å². The topological polar surface area (TPSA) is 55.2 Å². The van der Waals surface area contributed by atoms with Crippen molar-refractivity contribution in [2.24, 2.45) is 5.11 Å². The molecule has 17 heavy (non-hydrogen) atoms. The minimum atomic E-state index is 0.214. The van der Waals surface area contributed by atoms with Crippen LogP contribution in [0.2, 0.25) is 0 Å². The highest BCUT2D eigenvalue weighted by atomic mass is 15.3. The van der Waals surface area contributed by atoms with Crippen LogP contribution in [0, 0.1) is 0 Å². The molecule has 0 amide bonds. The normalized spacial score (nSPS) is 31.7. The van der Waals surface area contributed by atoms with Gasteiger partial charge in [0.1, 0.15) is 0 Å². The van der Waals surface area contributed by atoms with E-state index in [0.29, 0.717) is 12.1 Å². The van der Waals surface area contributed by atoms with Crippen molar-refractivity contribution in [3.8, 4) is 0 Å². The Morgan fingerprint density at radius 1 is 1.18 bits per heavy atom. The minimum absolute atomic E-state index is 0.214. The minimum Gasteiger partial charge on any atom is -0.298 e. The Labute approximate surface area is 103 Å².